The van der Waals surface area contributed by atoms with E-state index in [2.05, 4.69) is 10.3 Å². The summed E-state index contributed by atoms with van der Waals surface area (Å²) in [5.74, 6) is 0.316. The van der Waals surface area contributed by atoms with Crippen LogP contribution in [-0.4, -0.2) is 23.3 Å². The fourth-order valence-electron chi connectivity index (χ4n) is 3.53. The quantitative estimate of drug-likeness (QED) is 0.578. The van der Waals surface area contributed by atoms with Crippen molar-refractivity contribution >= 4 is 17.5 Å². The highest BCUT2D eigenvalue weighted by Crippen LogP contribution is 2.33. The zero-order valence-corrected chi connectivity index (χ0v) is 17.5. The molecule has 0 spiro atoms. The zero-order valence-electron chi connectivity index (χ0n) is 17.5. The SMILES string of the molecule is O=C(Cc1ccc(N(Cc2ccccc2)C(=O)C2CC2)cc1)NCCc1ccccn1. The average Bonchev–Trinajstić information content (AvgIpc) is 3.65. The minimum atomic E-state index is -0.0149. The van der Waals surface area contributed by atoms with E-state index in [0.29, 0.717) is 25.9 Å². The number of anilines is 1. The fourth-order valence-corrected chi connectivity index (χ4v) is 3.53. The Morgan fingerprint density at radius 3 is 2.32 bits per heavy atom. The number of hydrogen-bond acceptors (Lipinski definition) is 3. The van der Waals surface area contributed by atoms with E-state index in [-0.39, 0.29) is 17.7 Å². The van der Waals surface area contributed by atoms with Gasteiger partial charge in [0, 0.05) is 36.5 Å². The highest BCUT2D eigenvalue weighted by molar-refractivity contribution is 5.96. The minimum absolute atomic E-state index is 0.0149. The van der Waals surface area contributed by atoms with Crippen molar-refractivity contribution < 1.29 is 9.59 Å². The van der Waals surface area contributed by atoms with E-state index in [4.69, 9.17) is 0 Å². The van der Waals surface area contributed by atoms with Crippen molar-refractivity contribution in [3.8, 4) is 0 Å². The molecule has 158 valence electrons. The van der Waals surface area contributed by atoms with E-state index in [1.165, 1.54) is 0 Å². The molecule has 5 heteroatoms. The second-order valence-electron chi connectivity index (χ2n) is 7.95. The normalized spacial score (nSPS) is 12.9. The highest BCUT2D eigenvalue weighted by Gasteiger charge is 2.34. The Labute approximate surface area is 183 Å². The Kier molecular flexibility index (Phi) is 6.72. The third kappa shape index (κ3) is 6.01. The lowest BCUT2D eigenvalue weighted by molar-refractivity contribution is -0.121. The molecule has 0 saturated heterocycles. The van der Waals surface area contributed by atoms with Gasteiger partial charge in [0.25, 0.3) is 0 Å². The van der Waals surface area contributed by atoms with Crippen LogP contribution in [0.1, 0.15) is 29.7 Å². The summed E-state index contributed by atoms with van der Waals surface area (Å²) >= 11 is 0. The molecule has 3 aromatic rings. The largest absolute Gasteiger partial charge is 0.355 e. The van der Waals surface area contributed by atoms with Gasteiger partial charge in [-0.05, 0) is 48.2 Å². The molecule has 1 aliphatic carbocycles. The molecule has 31 heavy (non-hydrogen) atoms. The van der Waals surface area contributed by atoms with Crippen molar-refractivity contribution in [3.63, 3.8) is 0 Å². The number of hydrogen-bond donors (Lipinski definition) is 1. The zero-order chi connectivity index (χ0) is 21.5. The number of nitrogens with zero attached hydrogens (tertiary/aromatic N) is 2. The second kappa shape index (κ2) is 10.0. The van der Waals surface area contributed by atoms with Crippen molar-refractivity contribution in [1.29, 1.82) is 0 Å². The van der Waals surface area contributed by atoms with Gasteiger partial charge < -0.3 is 10.2 Å². The first kappa shape index (κ1) is 20.8. The van der Waals surface area contributed by atoms with E-state index >= 15 is 0 Å². The molecule has 1 aromatic heterocycles. The van der Waals surface area contributed by atoms with Gasteiger partial charge >= 0.3 is 0 Å². The lowest BCUT2D eigenvalue weighted by Crippen LogP contribution is -2.31. The standard InChI is InChI=1S/C26H27N3O2/c30-25(28-17-15-23-8-4-5-16-27-23)18-20-9-13-24(14-10-20)29(26(31)22-11-12-22)19-21-6-2-1-3-7-21/h1-10,13-14,16,22H,11-12,15,17-19H2,(H,28,30). The van der Waals surface area contributed by atoms with Crippen LogP contribution in [0.4, 0.5) is 5.69 Å². The number of benzene rings is 2. The fraction of sp³-hybridized carbons (Fsp3) is 0.269. The molecule has 4 rings (SSSR count). The van der Waals surface area contributed by atoms with Gasteiger partial charge in [0.15, 0.2) is 0 Å². The van der Waals surface area contributed by atoms with Crippen LogP contribution in [0.2, 0.25) is 0 Å². The van der Waals surface area contributed by atoms with Crippen molar-refractivity contribution in [2.45, 2.75) is 32.2 Å². The van der Waals surface area contributed by atoms with Gasteiger partial charge in [-0.2, -0.15) is 0 Å². The third-order valence-corrected chi connectivity index (χ3v) is 5.42. The Morgan fingerprint density at radius 1 is 0.903 bits per heavy atom. The number of aromatic nitrogens is 1. The molecule has 2 amide bonds. The van der Waals surface area contributed by atoms with E-state index in [0.717, 1.165) is 35.3 Å². The third-order valence-electron chi connectivity index (χ3n) is 5.42. The molecular weight excluding hydrogens is 386 g/mol. The number of carbonyl (C=O) groups excluding carboxylic acids is 2. The Hall–Kier alpha value is -3.47. The molecule has 1 fully saturated rings. The summed E-state index contributed by atoms with van der Waals surface area (Å²) in [7, 11) is 0. The Morgan fingerprint density at radius 2 is 1.65 bits per heavy atom. The molecule has 0 radical (unpaired) electrons. The van der Waals surface area contributed by atoms with Crippen LogP contribution in [0.3, 0.4) is 0 Å². The summed E-state index contributed by atoms with van der Waals surface area (Å²) in [4.78, 5) is 31.3. The molecule has 2 aromatic carbocycles. The van der Waals surface area contributed by atoms with Crippen LogP contribution < -0.4 is 10.2 Å². The summed E-state index contributed by atoms with van der Waals surface area (Å²) in [6, 6.07) is 23.6. The molecule has 1 saturated carbocycles. The summed E-state index contributed by atoms with van der Waals surface area (Å²) in [5.41, 5.74) is 3.87. The van der Waals surface area contributed by atoms with Crippen LogP contribution in [0.25, 0.3) is 0 Å². The molecule has 0 aliphatic heterocycles. The summed E-state index contributed by atoms with van der Waals surface area (Å²) in [5, 5.41) is 2.95. The van der Waals surface area contributed by atoms with Crippen molar-refractivity contribution in [2.24, 2.45) is 5.92 Å². The summed E-state index contributed by atoms with van der Waals surface area (Å²) in [6.45, 7) is 1.12. The van der Waals surface area contributed by atoms with Gasteiger partial charge in [0.1, 0.15) is 0 Å². The first-order valence-corrected chi connectivity index (χ1v) is 10.8. The highest BCUT2D eigenvalue weighted by atomic mass is 16.2. The van der Waals surface area contributed by atoms with E-state index in [1.807, 2.05) is 77.7 Å². The van der Waals surface area contributed by atoms with Crippen LogP contribution in [-0.2, 0) is 29.0 Å². The number of nitrogens with one attached hydrogen (secondary N) is 1. The first-order chi connectivity index (χ1) is 15.2. The maximum atomic E-state index is 12.9. The van der Waals surface area contributed by atoms with Crippen LogP contribution in [0.15, 0.2) is 79.0 Å². The predicted molar refractivity (Wildman–Crippen MR) is 121 cm³/mol. The average molecular weight is 414 g/mol. The van der Waals surface area contributed by atoms with Gasteiger partial charge in [0.2, 0.25) is 11.8 Å². The van der Waals surface area contributed by atoms with Gasteiger partial charge in [-0.1, -0.05) is 48.5 Å². The van der Waals surface area contributed by atoms with Crippen molar-refractivity contribution in [3.05, 3.63) is 95.8 Å². The lowest BCUT2D eigenvalue weighted by Gasteiger charge is -2.23. The molecule has 1 aliphatic rings. The van der Waals surface area contributed by atoms with Gasteiger partial charge in [-0.25, -0.2) is 0 Å². The monoisotopic (exact) mass is 413 g/mol. The van der Waals surface area contributed by atoms with Gasteiger partial charge in [-0.3, -0.25) is 14.6 Å². The van der Waals surface area contributed by atoms with Crippen LogP contribution >= 0.6 is 0 Å². The number of amides is 2. The van der Waals surface area contributed by atoms with Gasteiger partial charge in [-0.15, -0.1) is 0 Å². The summed E-state index contributed by atoms with van der Waals surface area (Å²) < 4.78 is 0. The maximum absolute atomic E-state index is 12.9. The Bertz CT molecular complexity index is 1000. The molecule has 1 heterocycles. The smallest absolute Gasteiger partial charge is 0.230 e. The van der Waals surface area contributed by atoms with Crippen molar-refractivity contribution in [1.82, 2.24) is 10.3 Å². The topological polar surface area (TPSA) is 62.3 Å². The lowest BCUT2D eigenvalue weighted by atomic mass is 10.1. The second-order valence-corrected chi connectivity index (χ2v) is 7.95. The minimum Gasteiger partial charge on any atom is -0.355 e. The first-order valence-electron chi connectivity index (χ1n) is 10.8. The molecule has 0 atom stereocenters. The number of carbonyl (C=O) groups is 2. The number of pyridine rings is 1. The van der Waals surface area contributed by atoms with E-state index < -0.39 is 0 Å². The Balaban J connectivity index is 1.35. The van der Waals surface area contributed by atoms with E-state index in [9.17, 15) is 9.59 Å². The van der Waals surface area contributed by atoms with Gasteiger partial charge in [0.05, 0.1) is 13.0 Å². The maximum Gasteiger partial charge on any atom is 0.230 e. The number of rotatable bonds is 9. The predicted octanol–water partition coefficient (Wildman–Crippen LogP) is 3.93. The van der Waals surface area contributed by atoms with Crippen molar-refractivity contribution in [2.75, 3.05) is 11.4 Å². The molecule has 1 N–H and O–H groups in total. The molecule has 0 unspecified atom stereocenters. The molecule has 0 bridgehead atoms. The van der Waals surface area contributed by atoms with E-state index in [1.54, 1.807) is 6.20 Å². The molecular formula is C26H27N3O2. The van der Waals surface area contributed by atoms with Crippen LogP contribution in [0.5, 0.6) is 0 Å². The summed E-state index contributed by atoms with van der Waals surface area (Å²) in [6.07, 6.45) is 4.73. The molecule has 5 nitrogen and oxygen atoms in total. The van der Waals surface area contributed by atoms with Crippen LogP contribution in [0, 0.1) is 5.92 Å².